The minimum atomic E-state index is -0.563. The topological polar surface area (TPSA) is 82.2 Å². The standard InChI is InChI=1S/C19H20FN7O/c1-26-17(4-7-22-26)23-16-9-13(3-6-21-16)14-5-8-27-18(10-14)24-25-19(27)11-15(12-20)28-2/h3-10,15H,11-12H2,1-2H3,(H,21,23). The Morgan fingerprint density at radius 2 is 2.00 bits per heavy atom. The minimum absolute atomic E-state index is 0.363. The summed E-state index contributed by atoms with van der Waals surface area (Å²) in [6.07, 6.45) is 5.20. The van der Waals surface area contributed by atoms with Gasteiger partial charge in [-0.15, -0.1) is 10.2 Å². The van der Waals surface area contributed by atoms with Crippen LogP contribution in [0.2, 0.25) is 0 Å². The number of aryl methyl sites for hydroxylation is 1. The second-order valence-electron chi connectivity index (χ2n) is 6.37. The lowest BCUT2D eigenvalue weighted by Gasteiger charge is -2.10. The van der Waals surface area contributed by atoms with Gasteiger partial charge in [-0.25, -0.2) is 9.37 Å². The summed E-state index contributed by atoms with van der Waals surface area (Å²) in [5.41, 5.74) is 2.67. The zero-order chi connectivity index (χ0) is 19.5. The Kier molecular flexibility index (Phi) is 4.98. The Bertz CT molecular complexity index is 1090. The number of nitrogens with one attached hydrogen (secondary N) is 1. The van der Waals surface area contributed by atoms with E-state index in [1.165, 1.54) is 7.11 Å². The maximum atomic E-state index is 12.9. The second kappa shape index (κ2) is 7.73. The molecule has 9 heteroatoms. The van der Waals surface area contributed by atoms with E-state index in [0.29, 0.717) is 23.7 Å². The minimum Gasteiger partial charge on any atom is -0.378 e. The zero-order valence-corrected chi connectivity index (χ0v) is 15.6. The lowest BCUT2D eigenvalue weighted by molar-refractivity contribution is 0.0780. The molecule has 8 nitrogen and oxygen atoms in total. The average Bonchev–Trinajstić information content (AvgIpc) is 3.32. The first-order chi connectivity index (χ1) is 13.7. The second-order valence-corrected chi connectivity index (χ2v) is 6.37. The number of hydrogen-bond acceptors (Lipinski definition) is 6. The van der Waals surface area contributed by atoms with E-state index in [-0.39, 0.29) is 0 Å². The number of halogens is 1. The van der Waals surface area contributed by atoms with Crippen LogP contribution in [-0.4, -0.2) is 49.3 Å². The molecular formula is C19H20FN7O. The summed E-state index contributed by atoms with van der Waals surface area (Å²) in [6, 6.07) is 9.68. The van der Waals surface area contributed by atoms with Crippen molar-refractivity contribution in [3.8, 4) is 11.1 Å². The molecule has 4 heterocycles. The van der Waals surface area contributed by atoms with Crippen LogP contribution in [0.1, 0.15) is 5.82 Å². The fraction of sp³-hybridized carbons (Fsp3) is 0.263. The first-order valence-electron chi connectivity index (χ1n) is 8.82. The van der Waals surface area contributed by atoms with Crippen molar-refractivity contribution in [3.63, 3.8) is 0 Å². The van der Waals surface area contributed by atoms with Gasteiger partial charge in [0.05, 0.1) is 12.3 Å². The number of fused-ring (bicyclic) bond motifs is 1. The third-order valence-corrected chi connectivity index (χ3v) is 4.57. The van der Waals surface area contributed by atoms with Crippen LogP contribution < -0.4 is 5.32 Å². The number of pyridine rings is 2. The fourth-order valence-electron chi connectivity index (χ4n) is 2.97. The monoisotopic (exact) mass is 381 g/mol. The molecule has 28 heavy (non-hydrogen) atoms. The van der Waals surface area contributed by atoms with Crippen LogP contribution in [-0.2, 0) is 18.2 Å². The molecule has 1 N–H and O–H groups in total. The number of hydrogen-bond donors (Lipinski definition) is 1. The summed E-state index contributed by atoms with van der Waals surface area (Å²) in [7, 11) is 3.35. The predicted molar refractivity (Wildman–Crippen MR) is 103 cm³/mol. The molecule has 0 aliphatic heterocycles. The van der Waals surface area contributed by atoms with Gasteiger partial charge >= 0.3 is 0 Å². The normalized spacial score (nSPS) is 12.4. The molecule has 1 atom stereocenters. The lowest BCUT2D eigenvalue weighted by Crippen LogP contribution is -2.18. The van der Waals surface area contributed by atoms with E-state index >= 15 is 0 Å². The summed E-state index contributed by atoms with van der Waals surface area (Å²) in [5, 5.41) is 15.8. The van der Waals surface area contributed by atoms with Gasteiger partial charge in [-0.3, -0.25) is 9.08 Å². The molecule has 0 saturated carbocycles. The van der Waals surface area contributed by atoms with Crippen LogP contribution in [0.25, 0.3) is 16.8 Å². The van der Waals surface area contributed by atoms with Gasteiger partial charge in [0.2, 0.25) is 0 Å². The molecule has 0 radical (unpaired) electrons. The SMILES string of the molecule is COC(CF)Cc1nnc2cc(-c3ccnc(Nc4ccnn4C)c3)ccn12. The number of anilines is 2. The number of ether oxygens (including phenoxy) is 1. The van der Waals surface area contributed by atoms with Crippen molar-refractivity contribution in [2.75, 3.05) is 19.1 Å². The van der Waals surface area contributed by atoms with Crippen LogP contribution in [0.15, 0.2) is 48.9 Å². The van der Waals surface area contributed by atoms with Gasteiger partial charge < -0.3 is 10.1 Å². The molecular weight excluding hydrogens is 361 g/mol. The van der Waals surface area contributed by atoms with Crippen molar-refractivity contribution in [3.05, 3.63) is 54.7 Å². The van der Waals surface area contributed by atoms with Crippen LogP contribution in [0, 0.1) is 0 Å². The number of rotatable bonds is 7. The summed E-state index contributed by atoms with van der Waals surface area (Å²) in [4.78, 5) is 4.36. The Morgan fingerprint density at radius 3 is 2.75 bits per heavy atom. The van der Waals surface area contributed by atoms with Crippen LogP contribution in [0.5, 0.6) is 0 Å². The van der Waals surface area contributed by atoms with Crippen molar-refractivity contribution >= 4 is 17.3 Å². The number of alkyl halides is 1. The van der Waals surface area contributed by atoms with E-state index in [2.05, 4.69) is 25.6 Å². The molecule has 144 valence electrons. The maximum Gasteiger partial charge on any atom is 0.161 e. The van der Waals surface area contributed by atoms with E-state index < -0.39 is 12.8 Å². The number of nitrogens with zero attached hydrogens (tertiary/aromatic N) is 6. The van der Waals surface area contributed by atoms with E-state index in [9.17, 15) is 4.39 Å². The van der Waals surface area contributed by atoms with Gasteiger partial charge in [0.1, 0.15) is 24.1 Å². The van der Waals surface area contributed by atoms with Gasteiger partial charge in [-0.2, -0.15) is 5.10 Å². The highest BCUT2D eigenvalue weighted by Gasteiger charge is 2.14. The Hall–Kier alpha value is -3.33. The van der Waals surface area contributed by atoms with Crippen molar-refractivity contribution in [1.82, 2.24) is 29.4 Å². The van der Waals surface area contributed by atoms with Gasteiger partial charge in [0, 0.05) is 39.0 Å². The van der Waals surface area contributed by atoms with Crippen LogP contribution >= 0.6 is 0 Å². The Balaban J connectivity index is 1.61. The first-order valence-corrected chi connectivity index (χ1v) is 8.82. The van der Waals surface area contributed by atoms with E-state index in [0.717, 1.165) is 16.9 Å². The quantitative estimate of drug-likeness (QED) is 0.530. The zero-order valence-electron chi connectivity index (χ0n) is 15.6. The third kappa shape index (κ3) is 3.56. The van der Waals surface area contributed by atoms with Gasteiger partial charge in [0.15, 0.2) is 5.65 Å². The number of methoxy groups -OCH3 is 1. The van der Waals surface area contributed by atoms with Gasteiger partial charge in [0.25, 0.3) is 0 Å². The molecule has 0 aliphatic carbocycles. The molecule has 4 aromatic rings. The van der Waals surface area contributed by atoms with Crippen LogP contribution in [0.3, 0.4) is 0 Å². The predicted octanol–water partition coefficient (Wildman–Crippen LogP) is 2.80. The van der Waals surface area contributed by atoms with Gasteiger partial charge in [-0.1, -0.05) is 0 Å². The average molecular weight is 381 g/mol. The molecule has 1 unspecified atom stereocenters. The van der Waals surface area contributed by atoms with E-state index in [1.807, 2.05) is 48.0 Å². The molecule has 0 aromatic carbocycles. The third-order valence-electron chi connectivity index (χ3n) is 4.57. The highest BCUT2D eigenvalue weighted by atomic mass is 19.1. The largest absolute Gasteiger partial charge is 0.378 e. The lowest BCUT2D eigenvalue weighted by atomic mass is 10.1. The molecule has 0 aliphatic rings. The summed E-state index contributed by atoms with van der Waals surface area (Å²) in [5.74, 6) is 2.23. The molecule has 4 aromatic heterocycles. The maximum absolute atomic E-state index is 12.9. The molecule has 4 rings (SSSR count). The highest BCUT2D eigenvalue weighted by molar-refractivity contribution is 5.70. The summed E-state index contributed by atoms with van der Waals surface area (Å²) >= 11 is 0. The van der Waals surface area contributed by atoms with Crippen LogP contribution in [0.4, 0.5) is 16.0 Å². The van der Waals surface area contributed by atoms with E-state index in [4.69, 9.17) is 4.74 Å². The fourth-order valence-corrected chi connectivity index (χ4v) is 2.97. The molecule has 0 bridgehead atoms. The van der Waals surface area contributed by atoms with Gasteiger partial charge in [-0.05, 0) is 35.4 Å². The Labute approximate surface area is 161 Å². The summed E-state index contributed by atoms with van der Waals surface area (Å²) < 4.78 is 21.6. The highest BCUT2D eigenvalue weighted by Crippen LogP contribution is 2.24. The smallest absolute Gasteiger partial charge is 0.161 e. The van der Waals surface area contributed by atoms with Crippen molar-refractivity contribution in [1.29, 1.82) is 0 Å². The van der Waals surface area contributed by atoms with Crippen molar-refractivity contribution < 1.29 is 9.13 Å². The Morgan fingerprint density at radius 1 is 1.14 bits per heavy atom. The molecule has 0 saturated heterocycles. The van der Waals surface area contributed by atoms with Crippen molar-refractivity contribution in [2.45, 2.75) is 12.5 Å². The molecule has 0 amide bonds. The summed E-state index contributed by atoms with van der Waals surface area (Å²) in [6.45, 7) is -0.563. The van der Waals surface area contributed by atoms with E-state index in [1.54, 1.807) is 17.1 Å². The first kappa shape index (κ1) is 18.1. The molecule has 0 spiro atoms. The molecule has 0 fully saturated rings. The van der Waals surface area contributed by atoms with Crippen molar-refractivity contribution in [2.24, 2.45) is 7.05 Å². The number of aromatic nitrogens is 6.